The number of nitrogens with zero attached hydrogens (tertiary/aromatic N) is 1. The van der Waals surface area contributed by atoms with Crippen LogP contribution in [-0.2, 0) is 4.79 Å². The second kappa shape index (κ2) is 6.89. The van der Waals surface area contributed by atoms with Gasteiger partial charge in [0.25, 0.3) is 5.69 Å². The number of nitro benzene ring substituents is 1. The number of hydrogen-bond donors (Lipinski definition) is 1. The van der Waals surface area contributed by atoms with Crippen LogP contribution in [0.3, 0.4) is 0 Å². The van der Waals surface area contributed by atoms with E-state index in [1.165, 1.54) is 31.2 Å². The number of ether oxygens (including phenoxy) is 1. The van der Waals surface area contributed by atoms with Crippen molar-refractivity contribution in [1.82, 2.24) is 0 Å². The van der Waals surface area contributed by atoms with E-state index in [9.17, 15) is 19.7 Å². The molecule has 0 aliphatic heterocycles. The summed E-state index contributed by atoms with van der Waals surface area (Å²) in [5, 5.41) is 13.3. The summed E-state index contributed by atoms with van der Waals surface area (Å²) in [7, 11) is 0. The molecule has 23 heavy (non-hydrogen) atoms. The van der Waals surface area contributed by atoms with E-state index in [-0.39, 0.29) is 27.9 Å². The monoisotopic (exact) mass is 334 g/mol. The maximum Gasteiger partial charge on any atom is 0.343 e. The van der Waals surface area contributed by atoms with Gasteiger partial charge in [-0.2, -0.15) is 0 Å². The molecule has 0 atom stereocenters. The number of benzene rings is 2. The lowest BCUT2D eigenvalue weighted by molar-refractivity contribution is -0.384. The SMILES string of the molecule is CC(=O)Nc1cccc(OC(=O)c2ccc(Cl)c([N+](=O)[O-])c2)c1. The third-order valence-corrected chi connectivity index (χ3v) is 3.06. The molecule has 0 aromatic heterocycles. The molecule has 1 amide bonds. The maximum absolute atomic E-state index is 12.1. The Morgan fingerprint density at radius 1 is 1.22 bits per heavy atom. The van der Waals surface area contributed by atoms with Crippen LogP contribution in [0.1, 0.15) is 17.3 Å². The predicted octanol–water partition coefficient (Wildman–Crippen LogP) is 3.43. The van der Waals surface area contributed by atoms with E-state index >= 15 is 0 Å². The molecule has 0 saturated heterocycles. The Hall–Kier alpha value is -2.93. The number of esters is 1. The van der Waals surface area contributed by atoms with Crippen molar-refractivity contribution in [3.63, 3.8) is 0 Å². The van der Waals surface area contributed by atoms with Crippen LogP contribution in [0.15, 0.2) is 42.5 Å². The highest BCUT2D eigenvalue weighted by molar-refractivity contribution is 6.32. The first kappa shape index (κ1) is 16.4. The van der Waals surface area contributed by atoms with E-state index in [0.717, 1.165) is 6.07 Å². The Kier molecular flexibility index (Phi) is 4.92. The summed E-state index contributed by atoms with van der Waals surface area (Å²) in [4.78, 5) is 33.2. The summed E-state index contributed by atoms with van der Waals surface area (Å²) in [6, 6.07) is 9.84. The van der Waals surface area contributed by atoms with Crippen molar-refractivity contribution >= 4 is 34.9 Å². The van der Waals surface area contributed by atoms with Gasteiger partial charge in [0.15, 0.2) is 0 Å². The zero-order valence-corrected chi connectivity index (χ0v) is 12.7. The third kappa shape index (κ3) is 4.27. The lowest BCUT2D eigenvalue weighted by Gasteiger charge is -2.07. The molecule has 0 fully saturated rings. The Balaban J connectivity index is 2.21. The Bertz CT molecular complexity index is 791. The molecule has 0 bridgehead atoms. The predicted molar refractivity (Wildman–Crippen MR) is 83.8 cm³/mol. The summed E-state index contributed by atoms with van der Waals surface area (Å²) in [6.07, 6.45) is 0. The molecular formula is C15H11ClN2O5. The molecule has 0 unspecified atom stereocenters. The molecule has 0 radical (unpaired) electrons. The van der Waals surface area contributed by atoms with Crippen molar-refractivity contribution in [2.75, 3.05) is 5.32 Å². The van der Waals surface area contributed by atoms with E-state index in [2.05, 4.69) is 5.32 Å². The van der Waals surface area contributed by atoms with Gasteiger partial charge in [-0.3, -0.25) is 14.9 Å². The highest BCUT2D eigenvalue weighted by Crippen LogP contribution is 2.26. The first-order valence-corrected chi connectivity index (χ1v) is 6.78. The minimum absolute atomic E-state index is 0.00831. The molecule has 0 spiro atoms. The fourth-order valence-corrected chi connectivity index (χ4v) is 1.97. The number of halogens is 1. The highest BCUT2D eigenvalue weighted by Gasteiger charge is 2.17. The highest BCUT2D eigenvalue weighted by atomic mass is 35.5. The van der Waals surface area contributed by atoms with Crippen LogP contribution >= 0.6 is 11.6 Å². The molecule has 7 nitrogen and oxygen atoms in total. The maximum atomic E-state index is 12.1. The number of rotatable bonds is 4. The number of amides is 1. The smallest absolute Gasteiger partial charge is 0.343 e. The molecule has 2 aromatic carbocycles. The molecule has 0 aliphatic rings. The Morgan fingerprint density at radius 2 is 1.96 bits per heavy atom. The van der Waals surface area contributed by atoms with Crippen LogP contribution < -0.4 is 10.1 Å². The Morgan fingerprint density at radius 3 is 2.61 bits per heavy atom. The Labute approximate surface area is 136 Å². The summed E-state index contributed by atoms with van der Waals surface area (Å²) >= 11 is 5.69. The van der Waals surface area contributed by atoms with E-state index in [0.29, 0.717) is 5.69 Å². The second-order valence-electron chi connectivity index (χ2n) is 4.52. The third-order valence-electron chi connectivity index (χ3n) is 2.74. The summed E-state index contributed by atoms with van der Waals surface area (Å²) in [6.45, 7) is 1.35. The topological polar surface area (TPSA) is 98.5 Å². The number of nitrogens with one attached hydrogen (secondary N) is 1. The van der Waals surface area contributed by atoms with E-state index in [1.807, 2.05) is 0 Å². The van der Waals surface area contributed by atoms with Crippen LogP contribution in [0.25, 0.3) is 0 Å². The molecular weight excluding hydrogens is 324 g/mol. The quantitative estimate of drug-likeness (QED) is 0.400. The van der Waals surface area contributed by atoms with Crippen LogP contribution in [0.5, 0.6) is 5.75 Å². The van der Waals surface area contributed by atoms with Gasteiger partial charge in [0, 0.05) is 24.7 Å². The number of nitro groups is 1. The van der Waals surface area contributed by atoms with Gasteiger partial charge in [0.1, 0.15) is 10.8 Å². The first-order valence-electron chi connectivity index (χ1n) is 6.40. The summed E-state index contributed by atoms with van der Waals surface area (Å²) < 4.78 is 5.14. The number of carbonyl (C=O) groups is 2. The van der Waals surface area contributed by atoms with Gasteiger partial charge in [-0.15, -0.1) is 0 Å². The van der Waals surface area contributed by atoms with Gasteiger partial charge in [-0.1, -0.05) is 17.7 Å². The minimum atomic E-state index is -0.773. The van der Waals surface area contributed by atoms with Gasteiger partial charge < -0.3 is 10.1 Å². The van der Waals surface area contributed by atoms with E-state index < -0.39 is 10.9 Å². The molecule has 0 aliphatic carbocycles. The van der Waals surface area contributed by atoms with Crippen LogP contribution in [0, 0.1) is 10.1 Å². The molecule has 0 saturated carbocycles. The number of anilines is 1. The molecule has 1 N–H and O–H groups in total. The molecule has 118 valence electrons. The lowest BCUT2D eigenvalue weighted by Crippen LogP contribution is -2.10. The van der Waals surface area contributed by atoms with Crippen molar-refractivity contribution in [3.8, 4) is 5.75 Å². The second-order valence-corrected chi connectivity index (χ2v) is 4.93. The van der Waals surface area contributed by atoms with Crippen molar-refractivity contribution in [2.24, 2.45) is 0 Å². The van der Waals surface area contributed by atoms with Gasteiger partial charge in [0.05, 0.1) is 10.5 Å². The number of carbonyl (C=O) groups excluding carboxylic acids is 2. The average Bonchev–Trinajstić information content (AvgIpc) is 2.46. The average molecular weight is 335 g/mol. The van der Waals surface area contributed by atoms with Crippen molar-refractivity contribution < 1.29 is 19.2 Å². The zero-order valence-electron chi connectivity index (χ0n) is 11.9. The van der Waals surface area contributed by atoms with Crippen LogP contribution in [-0.4, -0.2) is 16.8 Å². The fourth-order valence-electron chi connectivity index (χ4n) is 1.79. The standard InChI is InChI=1S/C15H11ClN2O5/c1-9(19)17-11-3-2-4-12(8-11)23-15(20)10-5-6-13(16)14(7-10)18(21)22/h2-8H,1H3,(H,17,19). The molecule has 8 heteroatoms. The van der Waals surface area contributed by atoms with E-state index in [1.54, 1.807) is 12.1 Å². The van der Waals surface area contributed by atoms with Gasteiger partial charge in [0.2, 0.25) is 5.91 Å². The van der Waals surface area contributed by atoms with Gasteiger partial charge in [-0.25, -0.2) is 4.79 Å². The largest absolute Gasteiger partial charge is 0.423 e. The number of hydrogen-bond acceptors (Lipinski definition) is 5. The summed E-state index contributed by atoms with van der Waals surface area (Å²) in [5.41, 5.74) is 0.0732. The van der Waals surface area contributed by atoms with Crippen molar-refractivity contribution in [3.05, 3.63) is 63.2 Å². The van der Waals surface area contributed by atoms with Crippen molar-refractivity contribution in [1.29, 1.82) is 0 Å². The normalized spacial score (nSPS) is 10.0. The van der Waals surface area contributed by atoms with Crippen LogP contribution in [0.2, 0.25) is 5.02 Å². The zero-order chi connectivity index (χ0) is 17.0. The van der Waals surface area contributed by atoms with Gasteiger partial charge in [-0.05, 0) is 24.3 Å². The molecule has 2 aromatic rings. The van der Waals surface area contributed by atoms with Gasteiger partial charge >= 0.3 is 5.97 Å². The van der Waals surface area contributed by atoms with E-state index in [4.69, 9.17) is 16.3 Å². The molecule has 2 rings (SSSR count). The van der Waals surface area contributed by atoms with Crippen LogP contribution in [0.4, 0.5) is 11.4 Å². The fraction of sp³-hybridized carbons (Fsp3) is 0.0667. The first-order chi connectivity index (χ1) is 10.9. The summed E-state index contributed by atoms with van der Waals surface area (Å²) in [5.74, 6) is -0.842. The minimum Gasteiger partial charge on any atom is -0.423 e. The molecule has 0 heterocycles. The lowest BCUT2D eigenvalue weighted by atomic mass is 10.2. The van der Waals surface area contributed by atoms with Crippen molar-refractivity contribution in [2.45, 2.75) is 6.92 Å².